The highest BCUT2D eigenvalue weighted by molar-refractivity contribution is 7.22. The largest absolute Gasteiger partial charge is 0.503 e. The SMILES string of the molecule is COc1ccnc(C(=O)Nc2nc3ccc(C(=O)NCc4ccccc4)cc3s2)c1O. The molecule has 4 rings (SSSR count). The summed E-state index contributed by atoms with van der Waals surface area (Å²) in [4.78, 5) is 33.2. The normalized spacial score (nSPS) is 10.6. The van der Waals surface area contributed by atoms with Crippen molar-refractivity contribution in [2.45, 2.75) is 6.54 Å². The van der Waals surface area contributed by atoms with E-state index in [9.17, 15) is 14.7 Å². The number of benzene rings is 2. The Kier molecular flexibility index (Phi) is 5.76. The van der Waals surface area contributed by atoms with E-state index in [0.717, 1.165) is 10.3 Å². The van der Waals surface area contributed by atoms with Crippen molar-refractivity contribution >= 4 is 38.5 Å². The van der Waals surface area contributed by atoms with E-state index in [2.05, 4.69) is 20.6 Å². The number of aromatic hydroxyl groups is 1. The van der Waals surface area contributed by atoms with Gasteiger partial charge in [-0.15, -0.1) is 0 Å². The molecule has 2 aromatic carbocycles. The smallest absolute Gasteiger partial charge is 0.280 e. The number of rotatable bonds is 6. The lowest BCUT2D eigenvalue weighted by Gasteiger charge is -2.06. The van der Waals surface area contributed by atoms with Gasteiger partial charge >= 0.3 is 0 Å². The molecule has 0 saturated carbocycles. The van der Waals surface area contributed by atoms with Crippen LogP contribution in [0.25, 0.3) is 10.2 Å². The van der Waals surface area contributed by atoms with E-state index >= 15 is 0 Å². The van der Waals surface area contributed by atoms with Crippen molar-refractivity contribution in [1.29, 1.82) is 0 Å². The summed E-state index contributed by atoms with van der Waals surface area (Å²) in [7, 11) is 1.39. The average Bonchev–Trinajstić information content (AvgIpc) is 3.19. The van der Waals surface area contributed by atoms with Gasteiger partial charge in [0.1, 0.15) is 0 Å². The Morgan fingerprint density at radius 3 is 2.68 bits per heavy atom. The van der Waals surface area contributed by atoms with Gasteiger partial charge in [-0.2, -0.15) is 0 Å². The number of anilines is 1. The third-order valence-electron chi connectivity index (χ3n) is 4.49. The van der Waals surface area contributed by atoms with Crippen LogP contribution in [0.3, 0.4) is 0 Å². The van der Waals surface area contributed by atoms with Crippen LogP contribution in [0.2, 0.25) is 0 Å². The summed E-state index contributed by atoms with van der Waals surface area (Å²) in [5.74, 6) is -1.01. The van der Waals surface area contributed by atoms with Crippen LogP contribution in [-0.4, -0.2) is 34.0 Å². The molecule has 156 valence electrons. The number of ether oxygens (including phenoxy) is 1. The third kappa shape index (κ3) is 4.46. The van der Waals surface area contributed by atoms with Crippen molar-refractivity contribution in [2.24, 2.45) is 0 Å². The van der Waals surface area contributed by atoms with Crippen molar-refractivity contribution in [3.8, 4) is 11.5 Å². The van der Waals surface area contributed by atoms with E-state index in [-0.39, 0.29) is 23.1 Å². The summed E-state index contributed by atoms with van der Waals surface area (Å²) in [5, 5.41) is 15.9. The van der Waals surface area contributed by atoms with Crippen molar-refractivity contribution in [1.82, 2.24) is 15.3 Å². The summed E-state index contributed by atoms with van der Waals surface area (Å²) < 4.78 is 5.74. The molecule has 3 N–H and O–H groups in total. The molecule has 0 aliphatic heterocycles. The fraction of sp³-hybridized carbons (Fsp3) is 0.0909. The van der Waals surface area contributed by atoms with Gasteiger partial charge in [0.15, 0.2) is 22.3 Å². The minimum absolute atomic E-state index is 0.149. The van der Waals surface area contributed by atoms with Gasteiger partial charge in [0.05, 0.1) is 17.3 Å². The molecule has 4 aromatic rings. The number of nitrogens with one attached hydrogen (secondary N) is 2. The first-order valence-electron chi connectivity index (χ1n) is 9.31. The van der Waals surface area contributed by atoms with Crippen molar-refractivity contribution in [2.75, 3.05) is 12.4 Å². The molecule has 8 nitrogen and oxygen atoms in total. The molecule has 0 aliphatic carbocycles. The molecule has 0 spiro atoms. The fourth-order valence-corrected chi connectivity index (χ4v) is 3.82. The van der Waals surface area contributed by atoms with Crippen LogP contribution in [0.5, 0.6) is 11.5 Å². The van der Waals surface area contributed by atoms with Gasteiger partial charge in [-0.05, 0) is 23.8 Å². The lowest BCUT2D eigenvalue weighted by atomic mass is 10.2. The van der Waals surface area contributed by atoms with Gasteiger partial charge < -0.3 is 15.2 Å². The van der Waals surface area contributed by atoms with E-state index in [0.29, 0.717) is 22.8 Å². The number of aromatic nitrogens is 2. The average molecular weight is 434 g/mol. The van der Waals surface area contributed by atoms with E-state index in [1.807, 2.05) is 30.3 Å². The highest BCUT2D eigenvalue weighted by atomic mass is 32.1. The standard InChI is InChI=1S/C22H18N4O4S/c1-30-16-9-10-23-18(19(16)27)21(29)26-22-25-15-8-7-14(11-17(15)31-22)20(28)24-12-13-5-3-2-4-6-13/h2-11,27H,12H2,1H3,(H,24,28)(H,25,26,29). The second kappa shape index (κ2) is 8.80. The summed E-state index contributed by atoms with van der Waals surface area (Å²) >= 11 is 1.22. The highest BCUT2D eigenvalue weighted by Gasteiger charge is 2.18. The number of amides is 2. The van der Waals surface area contributed by atoms with Gasteiger partial charge in [0.2, 0.25) is 0 Å². The van der Waals surface area contributed by atoms with E-state index < -0.39 is 5.91 Å². The van der Waals surface area contributed by atoms with Crippen molar-refractivity contribution in [3.05, 3.63) is 77.6 Å². The summed E-state index contributed by atoms with van der Waals surface area (Å²) in [6, 6.07) is 16.2. The zero-order valence-corrected chi connectivity index (χ0v) is 17.3. The minimum atomic E-state index is -0.615. The van der Waals surface area contributed by atoms with E-state index in [1.165, 1.54) is 30.7 Å². The monoisotopic (exact) mass is 434 g/mol. The lowest BCUT2D eigenvalue weighted by molar-refractivity contribution is 0.0950. The number of hydrogen-bond donors (Lipinski definition) is 3. The number of pyridine rings is 1. The maximum absolute atomic E-state index is 12.5. The maximum Gasteiger partial charge on any atom is 0.280 e. The predicted molar refractivity (Wildman–Crippen MR) is 118 cm³/mol. The number of hydrogen-bond acceptors (Lipinski definition) is 7. The van der Waals surface area contributed by atoms with Crippen LogP contribution >= 0.6 is 11.3 Å². The Bertz CT molecular complexity index is 1260. The Morgan fingerprint density at radius 1 is 1.10 bits per heavy atom. The van der Waals surface area contributed by atoms with Crippen LogP contribution in [0.15, 0.2) is 60.8 Å². The first kappa shape index (κ1) is 20.3. The molecule has 0 atom stereocenters. The molecular weight excluding hydrogens is 416 g/mol. The third-order valence-corrected chi connectivity index (χ3v) is 5.42. The summed E-state index contributed by atoms with van der Waals surface area (Å²) in [6.07, 6.45) is 1.37. The molecule has 0 saturated heterocycles. The molecule has 0 bridgehead atoms. The zero-order chi connectivity index (χ0) is 21.8. The topological polar surface area (TPSA) is 113 Å². The Morgan fingerprint density at radius 2 is 1.90 bits per heavy atom. The number of thiazole rings is 1. The Balaban J connectivity index is 1.48. The maximum atomic E-state index is 12.5. The molecular formula is C22H18N4O4S. The van der Waals surface area contributed by atoms with Gasteiger partial charge in [-0.3, -0.25) is 14.9 Å². The van der Waals surface area contributed by atoms with Gasteiger partial charge in [0.25, 0.3) is 11.8 Å². The number of carbonyl (C=O) groups excluding carboxylic acids is 2. The molecule has 2 amide bonds. The quantitative estimate of drug-likeness (QED) is 0.427. The Hall–Kier alpha value is -3.98. The van der Waals surface area contributed by atoms with E-state index in [4.69, 9.17) is 4.74 Å². The fourth-order valence-electron chi connectivity index (χ4n) is 2.92. The van der Waals surface area contributed by atoms with Crippen molar-refractivity contribution < 1.29 is 19.4 Å². The molecule has 0 unspecified atom stereocenters. The predicted octanol–water partition coefficient (Wildman–Crippen LogP) is 3.59. The number of fused-ring (bicyclic) bond motifs is 1. The number of nitrogens with zero attached hydrogens (tertiary/aromatic N) is 2. The first-order chi connectivity index (χ1) is 15.0. The molecule has 31 heavy (non-hydrogen) atoms. The number of methoxy groups -OCH3 is 1. The second-order valence-corrected chi connectivity index (χ2v) is 7.56. The van der Waals surface area contributed by atoms with Gasteiger partial charge in [-0.25, -0.2) is 9.97 Å². The second-order valence-electron chi connectivity index (χ2n) is 6.53. The molecule has 2 heterocycles. The number of carbonyl (C=O) groups is 2. The molecule has 0 radical (unpaired) electrons. The summed E-state index contributed by atoms with van der Waals surface area (Å²) in [6.45, 7) is 0.429. The van der Waals surface area contributed by atoms with Gasteiger partial charge in [0, 0.05) is 24.4 Å². The highest BCUT2D eigenvalue weighted by Crippen LogP contribution is 2.30. The lowest BCUT2D eigenvalue weighted by Crippen LogP contribution is -2.22. The van der Waals surface area contributed by atoms with Crippen LogP contribution in [0, 0.1) is 0 Å². The minimum Gasteiger partial charge on any atom is -0.503 e. The molecule has 0 aliphatic rings. The van der Waals surface area contributed by atoms with Crippen LogP contribution < -0.4 is 15.4 Å². The zero-order valence-electron chi connectivity index (χ0n) is 16.5. The summed E-state index contributed by atoms with van der Waals surface area (Å²) in [5.41, 5.74) is 1.98. The molecule has 9 heteroatoms. The van der Waals surface area contributed by atoms with E-state index in [1.54, 1.807) is 18.2 Å². The Labute approximate surface area is 181 Å². The van der Waals surface area contributed by atoms with Crippen LogP contribution in [0.1, 0.15) is 26.4 Å². The first-order valence-corrected chi connectivity index (χ1v) is 10.1. The molecule has 0 fully saturated rings. The van der Waals surface area contributed by atoms with Crippen LogP contribution in [0.4, 0.5) is 5.13 Å². The molecule has 2 aromatic heterocycles. The van der Waals surface area contributed by atoms with Crippen LogP contribution in [-0.2, 0) is 6.54 Å². The van der Waals surface area contributed by atoms with Crippen molar-refractivity contribution in [3.63, 3.8) is 0 Å². The van der Waals surface area contributed by atoms with Gasteiger partial charge in [-0.1, -0.05) is 41.7 Å².